The fraction of sp³-hybridized carbons (Fsp3) is 0.167. The van der Waals surface area contributed by atoms with Crippen molar-refractivity contribution >= 4 is 33.5 Å². The van der Waals surface area contributed by atoms with E-state index in [4.69, 9.17) is 0 Å². The lowest BCUT2D eigenvalue weighted by molar-refractivity contribution is -0.117. The molecule has 1 aromatic carbocycles. The topological polar surface area (TPSA) is 64.0 Å². The Morgan fingerprint density at radius 3 is 2.88 bits per heavy atom. The van der Waals surface area contributed by atoms with Crippen LogP contribution < -0.4 is 10.9 Å². The van der Waals surface area contributed by atoms with Gasteiger partial charge in [0.15, 0.2) is 0 Å². The SMILES string of the molecule is CC(=Cc1ccccc1)C(=O)NCCn1cnc2sccc2c1=O. The number of carbonyl (C=O) groups is 1. The van der Waals surface area contributed by atoms with E-state index < -0.39 is 0 Å². The molecule has 1 amide bonds. The van der Waals surface area contributed by atoms with Gasteiger partial charge in [0.2, 0.25) is 5.91 Å². The zero-order chi connectivity index (χ0) is 16.9. The standard InChI is InChI=1S/C18H17N3O2S/c1-13(11-14-5-3-2-4-6-14)16(22)19-8-9-21-12-20-17-15(18(21)23)7-10-24-17/h2-7,10-12H,8-9H2,1H3,(H,19,22). The molecular formula is C18H17N3O2S. The summed E-state index contributed by atoms with van der Waals surface area (Å²) in [6, 6.07) is 11.4. The van der Waals surface area contributed by atoms with Gasteiger partial charge in [-0.2, -0.15) is 0 Å². The number of amides is 1. The summed E-state index contributed by atoms with van der Waals surface area (Å²) >= 11 is 1.44. The molecule has 2 aromatic heterocycles. The van der Waals surface area contributed by atoms with Crippen LogP contribution in [-0.2, 0) is 11.3 Å². The maximum Gasteiger partial charge on any atom is 0.262 e. The lowest BCUT2D eigenvalue weighted by atomic mass is 10.1. The Hall–Kier alpha value is -2.73. The molecule has 0 aliphatic heterocycles. The highest BCUT2D eigenvalue weighted by Crippen LogP contribution is 2.13. The summed E-state index contributed by atoms with van der Waals surface area (Å²) < 4.78 is 1.52. The Morgan fingerprint density at radius 1 is 1.29 bits per heavy atom. The van der Waals surface area contributed by atoms with Crippen LogP contribution in [0, 0.1) is 0 Å². The highest BCUT2D eigenvalue weighted by molar-refractivity contribution is 7.16. The Morgan fingerprint density at radius 2 is 2.08 bits per heavy atom. The van der Waals surface area contributed by atoms with Crippen LogP contribution >= 0.6 is 11.3 Å². The zero-order valence-corrected chi connectivity index (χ0v) is 14.0. The van der Waals surface area contributed by atoms with E-state index in [-0.39, 0.29) is 11.5 Å². The van der Waals surface area contributed by atoms with Gasteiger partial charge in [-0.3, -0.25) is 14.2 Å². The predicted molar refractivity (Wildman–Crippen MR) is 97.0 cm³/mol. The minimum absolute atomic E-state index is 0.0768. The minimum Gasteiger partial charge on any atom is -0.351 e. The molecule has 5 nitrogen and oxygen atoms in total. The summed E-state index contributed by atoms with van der Waals surface area (Å²) in [5.74, 6) is -0.142. The molecule has 0 bridgehead atoms. The number of hydrogen-bond acceptors (Lipinski definition) is 4. The van der Waals surface area contributed by atoms with Gasteiger partial charge in [-0.05, 0) is 30.0 Å². The summed E-state index contributed by atoms with van der Waals surface area (Å²) in [5, 5.41) is 5.30. The first kappa shape index (κ1) is 16.1. The smallest absolute Gasteiger partial charge is 0.262 e. The monoisotopic (exact) mass is 339 g/mol. The third kappa shape index (κ3) is 3.60. The van der Waals surface area contributed by atoms with Crippen LogP contribution in [0.1, 0.15) is 12.5 Å². The second-order valence-corrected chi connectivity index (χ2v) is 6.27. The largest absolute Gasteiger partial charge is 0.351 e. The van der Waals surface area contributed by atoms with Crippen LogP contribution in [0.3, 0.4) is 0 Å². The highest BCUT2D eigenvalue weighted by Gasteiger charge is 2.06. The molecule has 6 heteroatoms. The molecule has 0 saturated carbocycles. The lowest BCUT2D eigenvalue weighted by Crippen LogP contribution is -2.31. The van der Waals surface area contributed by atoms with Crippen molar-refractivity contribution in [2.75, 3.05) is 6.54 Å². The molecule has 0 atom stereocenters. The van der Waals surface area contributed by atoms with Crippen molar-refractivity contribution in [2.24, 2.45) is 0 Å². The van der Waals surface area contributed by atoms with Gasteiger partial charge in [-0.1, -0.05) is 30.3 Å². The number of hydrogen-bond donors (Lipinski definition) is 1. The number of aromatic nitrogens is 2. The third-order valence-electron chi connectivity index (χ3n) is 3.63. The minimum atomic E-state index is -0.142. The predicted octanol–water partition coefficient (Wildman–Crippen LogP) is 2.68. The van der Waals surface area contributed by atoms with Crippen molar-refractivity contribution < 1.29 is 4.79 Å². The van der Waals surface area contributed by atoms with Crippen LogP contribution in [0.25, 0.3) is 16.3 Å². The molecule has 1 N–H and O–H groups in total. The van der Waals surface area contributed by atoms with Gasteiger partial charge in [-0.15, -0.1) is 11.3 Å². The molecule has 0 aliphatic carbocycles. The van der Waals surface area contributed by atoms with E-state index in [2.05, 4.69) is 10.3 Å². The number of nitrogens with one attached hydrogen (secondary N) is 1. The van der Waals surface area contributed by atoms with Crippen molar-refractivity contribution in [1.82, 2.24) is 14.9 Å². The quantitative estimate of drug-likeness (QED) is 0.727. The summed E-state index contributed by atoms with van der Waals surface area (Å²) in [6.07, 6.45) is 3.36. The molecule has 0 saturated heterocycles. The van der Waals surface area contributed by atoms with Gasteiger partial charge >= 0.3 is 0 Å². The number of carbonyl (C=O) groups excluding carboxylic acids is 1. The van der Waals surface area contributed by atoms with Crippen molar-refractivity contribution in [2.45, 2.75) is 13.5 Å². The van der Waals surface area contributed by atoms with Crippen molar-refractivity contribution in [3.63, 3.8) is 0 Å². The number of rotatable bonds is 5. The van der Waals surface area contributed by atoms with Crippen LogP contribution in [0.5, 0.6) is 0 Å². The van der Waals surface area contributed by atoms with Gasteiger partial charge in [-0.25, -0.2) is 4.98 Å². The van der Waals surface area contributed by atoms with Crippen molar-refractivity contribution in [3.05, 3.63) is 69.6 Å². The van der Waals surface area contributed by atoms with E-state index in [0.717, 1.165) is 10.4 Å². The van der Waals surface area contributed by atoms with E-state index >= 15 is 0 Å². The fourth-order valence-corrected chi connectivity index (χ4v) is 3.07. The first-order chi connectivity index (χ1) is 11.6. The number of nitrogens with zero attached hydrogens (tertiary/aromatic N) is 2. The van der Waals surface area contributed by atoms with E-state index in [1.807, 2.05) is 41.8 Å². The van der Waals surface area contributed by atoms with Crippen LogP contribution in [0.2, 0.25) is 0 Å². The highest BCUT2D eigenvalue weighted by atomic mass is 32.1. The Kier molecular flexibility index (Phi) is 4.86. The van der Waals surface area contributed by atoms with Gasteiger partial charge in [0.05, 0.1) is 11.7 Å². The van der Waals surface area contributed by atoms with Crippen LogP contribution in [-0.4, -0.2) is 22.0 Å². The van der Waals surface area contributed by atoms with Crippen LogP contribution in [0.15, 0.2) is 58.5 Å². The molecule has 0 spiro atoms. The molecule has 0 radical (unpaired) electrons. The molecule has 0 fully saturated rings. The summed E-state index contributed by atoms with van der Waals surface area (Å²) in [4.78, 5) is 29.3. The molecule has 2 heterocycles. The first-order valence-electron chi connectivity index (χ1n) is 7.59. The molecule has 24 heavy (non-hydrogen) atoms. The Bertz CT molecular complexity index is 942. The molecule has 3 aromatic rings. The maximum absolute atomic E-state index is 12.2. The van der Waals surface area contributed by atoms with Gasteiger partial charge in [0.1, 0.15) is 4.83 Å². The van der Waals surface area contributed by atoms with E-state index in [1.54, 1.807) is 13.0 Å². The summed E-state index contributed by atoms with van der Waals surface area (Å²) in [7, 11) is 0. The molecule has 3 rings (SSSR count). The average molecular weight is 339 g/mol. The number of thiophene rings is 1. The third-order valence-corrected chi connectivity index (χ3v) is 4.45. The van der Waals surface area contributed by atoms with Gasteiger partial charge in [0.25, 0.3) is 5.56 Å². The fourth-order valence-electron chi connectivity index (χ4n) is 2.35. The van der Waals surface area contributed by atoms with E-state index in [9.17, 15) is 9.59 Å². The number of fused-ring (bicyclic) bond motifs is 1. The molecule has 0 unspecified atom stereocenters. The Balaban J connectivity index is 1.61. The Labute approximate surface area is 143 Å². The number of benzene rings is 1. The molecule has 122 valence electrons. The molecular weight excluding hydrogens is 322 g/mol. The lowest BCUT2D eigenvalue weighted by Gasteiger charge is -2.07. The summed E-state index contributed by atoms with van der Waals surface area (Å²) in [5.41, 5.74) is 1.53. The second kappa shape index (κ2) is 7.23. The van der Waals surface area contributed by atoms with E-state index in [1.165, 1.54) is 22.2 Å². The average Bonchev–Trinajstić information content (AvgIpc) is 3.07. The van der Waals surface area contributed by atoms with Gasteiger partial charge in [0, 0.05) is 18.7 Å². The van der Waals surface area contributed by atoms with Crippen molar-refractivity contribution in [1.29, 1.82) is 0 Å². The summed E-state index contributed by atoms with van der Waals surface area (Å²) in [6.45, 7) is 2.53. The normalized spacial score (nSPS) is 11.6. The maximum atomic E-state index is 12.2. The molecule has 0 aliphatic rings. The van der Waals surface area contributed by atoms with Crippen molar-refractivity contribution in [3.8, 4) is 0 Å². The van der Waals surface area contributed by atoms with E-state index in [0.29, 0.717) is 24.0 Å². The zero-order valence-electron chi connectivity index (χ0n) is 13.2. The first-order valence-corrected chi connectivity index (χ1v) is 8.47. The van der Waals surface area contributed by atoms with Crippen LogP contribution in [0.4, 0.5) is 0 Å². The second-order valence-electron chi connectivity index (χ2n) is 5.38. The van der Waals surface area contributed by atoms with Gasteiger partial charge < -0.3 is 5.32 Å².